The molecule has 0 saturated heterocycles. The summed E-state index contributed by atoms with van der Waals surface area (Å²) in [5, 5.41) is 0.544. The lowest BCUT2D eigenvalue weighted by atomic mass is 10.3. The van der Waals surface area contributed by atoms with Gasteiger partial charge in [0.1, 0.15) is 5.15 Å². The fourth-order valence-corrected chi connectivity index (χ4v) is 1.59. The maximum Gasteiger partial charge on any atom is 0.129 e. The van der Waals surface area contributed by atoms with E-state index in [0.29, 0.717) is 5.15 Å². The van der Waals surface area contributed by atoms with Crippen molar-refractivity contribution in [3.63, 3.8) is 0 Å². The zero-order chi connectivity index (χ0) is 8.81. The van der Waals surface area contributed by atoms with E-state index in [-0.39, 0.29) is 0 Å². The third-order valence-electron chi connectivity index (χ3n) is 1.32. The van der Waals surface area contributed by atoms with Crippen LogP contribution < -0.4 is 5.73 Å². The van der Waals surface area contributed by atoms with Crippen LogP contribution in [-0.4, -0.2) is 17.3 Å². The first-order valence-electron chi connectivity index (χ1n) is 3.71. The van der Waals surface area contributed by atoms with Gasteiger partial charge in [-0.3, -0.25) is 0 Å². The Hall–Kier alpha value is -0.250. The van der Waals surface area contributed by atoms with Gasteiger partial charge in [-0.15, -0.1) is 0 Å². The first-order valence-corrected chi connectivity index (χ1v) is 5.24. The van der Waals surface area contributed by atoms with E-state index in [4.69, 9.17) is 17.3 Å². The molecule has 0 aliphatic heterocycles. The van der Waals surface area contributed by atoms with Gasteiger partial charge < -0.3 is 5.73 Å². The second-order valence-electron chi connectivity index (χ2n) is 2.33. The molecule has 0 radical (unpaired) electrons. The van der Waals surface area contributed by atoms with Crippen LogP contribution in [0.5, 0.6) is 0 Å². The van der Waals surface area contributed by atoms with Crippen molar-refractivity contribution in [2.24, 2.45) is 5.73 Å². The third-order valence-corrected chi connectivity index (χ3v) is 2.60. The lowest BCUT2D eigenvalue weighted by Gasteiger charge is -1.99. The predicted octanol–water partition coefficient (Wildman–Crippen LogP) is 1.93. The Morgan fingerprint density at radius 2 is 2.33 bits per heavy atom. The highest BCUT2D eigenvalue weighted by atomic mass is 35.5. The number of pyridine rings is 1. The monoisotopic (exact) mass is 202 g/mol. The Labute approximate surface area is 81.5 Å². The molecule has 0 atom stereocenters. The van der Waals surface area contributed by atoms with Crippen molar-refractivity contribution in [3.05, 3.63) is 29.0 Å². The highest BCUT2D eigenvalue weighted by Gasteiger charge is 1.93. The van der Waals surface area contributed by atoms with Gasteiger partial charge in [-0.05, 0) is 11.6 Å². The topological polar surface area (TPSA) is 38.9 Å². The van der Waals surface area contributed by atoms with Crippen molar-refractivity contribution in [1.29, 1.82) is 0 Å². The summed E-state index contributed by atoms with van der Waals surface area (Å²) in [5.41, 5.74) is 6.55. The molecule has 0 bridgehead atoms. The molecule has 12 heavy (non-hydrogen) atoms. The smallest absolute Gasteiger partial charge is 0.129 e. The van der Waals surface area contributed by atoms with Crippen molar-refractivity contribution < 1.29 is 0 Å². The number of aromatic nitrogens is 1. The average molecular weight is 203 g/mol. The molecule has 1 rings (SSSR count). The Bertz CT molecular complexity index is 225. The van der Waals surface area contributed by atoms with Gasteiger partial charge in [0.2, 0.25) is 0 Å². The van der Waals surface area contributed by atoms with Crippen molar-refractivity contribution in [2.45, 2.75) is 5.75 Å². The maximum atomic E-state index is 5.64. The van der Waals surface area contributed by atoms with E-state index in [9.17, 15) is 0 Å². The summed E-state index contributed by atoms with van der Waals surface area (Å²) in [6, 6.07) is 3.79. The average Bonchev–Trinajstić information content (AvgIpc) is 2.09. The lowest BCUT2D eigenvalue weighted by Crippen LogP contribution is -2.01. The van der Waals surface area contributed by atoms with E-state index in [2.05, 4.69) is 4.98 Å². The minimum atomic E-state index is 0.544. The molecule has 2 nitrogen and oxygen atoms in total. The maximum absolute atomic E-state index is 5.64. The molecule has 0 aliphatic rings. The van der Waals surface area contributed by atoms with Gasteiger partial charge >= 0.3 is 0 Å². The minimum absolute atomic E-state index is 0.544. The minimum Gasteiger partial charge on any atom is -0.330 e. The highest BCUT2D eigenvalue weighted by Crippen LogP contribution is 2.12. The van der Waals surface area contributed by atoms with Gasteiger partial charge in [-0.2, -0.15) is 11.8 Å². The van der Waals surface area contributed by atoms with Crippen LogP contribution in [-0.2, 0) is 5.75 Å². The van der Waals surface area contributed by atoms with Gasteiger partial charge in [-0.1, -0.05) is 17.7 Å². The van der Waals surface area contributed by atoms with E-state index in [1.54, 1.807) is 24.0 Å². The molecule has 0 spiro atoms. The molecule has 0 saturated carbocycles. The van der Waals surface area contributed by atoms with Crippen LogP contribution in [0.1, 0.15) is 5.56 Å². The molecule has 0 unspecified atom stereocenters. The van der Waals surface area contributed by atoms with Crippen LogP contribution in [0.3, 0.4) is 0 Å². The van der Waals surface area contributed by atoms with Crippen LogP contribution in [0, 0.1) is 0 Å². The number of halogens is 1. The van der Waals surface area contributed by atoms with Crippen LogP contribution in [0.25, 0.3) is 0 Å². The first kappa shape index (κ1) is 9.84. The highest BCUT2D eigenvalue weighted by molar-refractivity contribution is 7.98. The van der Waals surface area contributed by atoms with Gasteiger partial charge in [0.15, 0.2) is 0 Å². The summed E-state index contributed by atoms with van der Waals surface area (Å²) in [6.07, 6.45) is 1.80. The Kier molecular flexibility index (Phi) is 4.43. The Morgan fingerprint density at radius 3 is 2.92 bits per heavy atom. The van der Waals surface area contributed by atoms with Gasteiger partial charge in [-0.25, -0.2) is 4.98 Å². The second-order valence-corrected chi connectivity index (χ2v) is 3.82. The molecule has 0 aliphatic carbocycles. The fourth-order valence-electron chi connectivity index (χ4n) is 0.765. The Morgan fingerprint density at radius 1 is 1.50 bits per heavy atom. The molecule has 0 amide bonds. The number of rotatable bonds is 4. The summed E-state index contributed by atoms with van der Waals surface area (Å²) in [6.45, 7) is 0.728. The van der Waals surface area contributed by atoms with Gasteiger partial charge in [0.05, 0.1) is 0 Å². The number of hydrogen-bond donors (Lipinski definition) is 1. The third kappa shape index (κ3) is 3.43. The SMILES string of the molecule is NCCSCc1ccc(Cl)nc1. The summed E-state index contributed by atoms with van der Waals surface area (Å²) in [4.78, 5) is 3.98. The van der Waals surface area contributed by atoms with E-state index in [0.717, 1.165) is 18.1 Å². The van der Waals surface area contributed by atoms with Crippen LogP contribution in [0.15, 0.2) is 18.3 Å². The first-order chi connectivity index (χ1) is 5.83. The lowest BCUT2D eigenvalue weighted by molar-refractivity contribution is 1.15. The number of nitrogens with zero attached hydrogens (tertiary/aromatic N) is 1. The predicted molar refractivity (Wildman–Crippen MR) is 54.5 cm³/mol. The van der Waals surface area contributed by atoms with E-state index < -0.39 is 0 Å². The molecule has 0 aromatic carbocycles. The fraction of sp³-hybridized carbons (Fsp3) is 0.375. The molecule has 66 valence electrons. The summed E-state index contributed by atoms with van der Waals surface area (Å²) in [7, 11) is 0. The largest absolute Gasteiger partial charge is 0.330 e. The zero-order valence-corrected chi connectivity index (χ0v) is 8.24. The number of nitrogens with two attached hydrogens (primary N) is 1. The summed E-state index contributed by atoms with van der Waals surface area (Å²) in [5.74, 6) is 1.95. The van der Waals surface area contributed by atoms with Crippen LogP contribution in [0.2, 0.25) is 5.15 Å². The molecule has 1 aromatic rings. The van der Waals surface area contributed by atoms with Crippen molar-refractivity contribution in [1.82, 2.24) is 4.98 Å². The normalized spacial score (nSPS) is 10.2. The van der Waals surface area contributed by atoms with E-state index in [1.165, 1.54) is 5.56 Å². The van der Waals surface area contributed by atoms with Gasteiger partial charge in [0.25, 0.3) is 0 Å². The molecule has 0 fully saturated rings. The molecule has 2 N–H and O–H groups in total. The standard InChI is InChI=1S/C8H11ClN2S/c9-8-2-1-7(5-11-8)6-12-4-3-10/h1-2,5H,3-4,6,10H2. The summed E-state index contributed by atoms with van der Waals surface area (Å²) < 4.78 is 0. The molecule has 1 heterocycles. The van der Waals surface area contributed by atoms with Crippen LogP contribution in [0.4, 0.5) is 0 Å². The molecular formula is C8H11ClN2S. The second kappa shape index (κ2) is 5.41. The van der Waals surface area contributed by atoms with Crippen molar-refractivity contribution in [3.8, 4) is 0 Å². The van der Waals surface area contributed by atoms with E-state index in [1.807, 2.05) is 6.07 Å². The van der Waals surface area contributed by atoms with Crippen LogP contribution >= 0.6 is 23.4 Å². The van der Waals surface area contributed by atoms with Crippen molar-refractivity contribution >= 4 is 23.4 Å². The summed E-state index contributed by atoms with van der Waals surface area (Å²) >= 11 is 7.44. The molecule has 4 heteroatoms. The number of hydrogen-bond acceptors (Lipinski definition) is 3. The number of thioether (sulfide) groups is 1. The van der Waals surface area contributed by atoms with E-state index >= 15 is 0 Å². The zero-order valence-electron chi connectivity index (χ0n) is 6.66. The molecule has 1 aromatic heterocycles. The van der Waals surface area contributed by atoms with Crippen molar-refractivity contribution in [2.75, 3.05) is 12.3 Å². The Balaban J connectivity index is 2.37. The quantitative estimate of drug-likeness (QED) is 0.599. The van der Waals surface area contributed by atoms with Gasteiger partial charge in [0, 0.05) is 24.2 Å². The molecular weight excluding hydrogens is 192 g/mol.